The monoisotopic (exact) mass is 598 g/mol. The fourth-order valence-corrected chi connectivity index (χ4v) is 4.94. The number of carbonyl (C=O) groups is 2. The van der Waals surface area contributed by atoms with Crippen molar-refractivity contribution in [2.45, 2.75) is 154 Å². The lowest BCUT2D eigenvalue weighted by Gasteiger charge is -2.36. The SMILES string of the molecule is CCCCCCCCCC(=O)O[C@@H](CO)COC(=O)CCC/C=C\C[C@H]1[C@@H](O)CC(O)O[C@@H]1/C=C/[C@@H](O)CCCCC. The summed E-state index contributed by atoms with van der Waals surface area (Å²) >= 11 is 0. The predicted molar refractivity (Wildman–Crippen MR) is 162 cm³/mol. The number of rotatable bonds is 24. The molecule has 4 N–H and O–H groups in total. The van der Waals surface area contributed by atoms with Crippen LogP contribution in [0, 0.1) is 5.92 Å². The summed E-state index contributed by atoms with van der Waals surface area (Å²) < 4.78 is 16.1. The number of hydrogen-bond acceptors (Lipinski definition) is 9. The molecule has 1 unspecified atom stereocenters. The molecule has 0 spiro atoms. The number of esters is 2. The van der Waals surface area contributed by atoms with E-state index in [4.69, 9.17) is 14.2 Å². The third-order valence-corrected chi connectivity index (χ3v) is 7.54. The zero-order valence-electron chi connectivity index (χ0n) is 26.0. The molecule has 244 valence electrons. The number of aliphatic hydroxyl groups is 4. The van der Waals surface area contributed by atoms with Gasteiger partial charge in [0.25, 0.3) is 0 Å². The molecule has 1 saturated heterocycles. The molecule has 1 rings (SSSR count). The Kier molecular flexibility index (Phi) is 22.4. The van der Waals surface area contributed by atoms with Crippen molar-refractivity contribution in [3.8, 4) is 0 Å². The highest BCUT2D eigenvalue weighted by molar-refractivity contribution is 5.70. The molecule has 0 radical (unpaired) electrons. The molecular formula is C33H58O9. The van der Waals surface area contributed by atoms with E-state index in [1.165, 1.54) is 25.7 Å². The Morgan fingerprint density at radius 1 is 0.905 bits per heavy atom. The molecule has 9 heteroatoms. The van der Waals surface area contributed by atoms with Gasteiger partial charge in [0.15, 0.2) is 12.4 Å². The number of ether oxygens (including phenoxy) is 3. The number of unbranched alkanes of at least 4 members (excludes halogenated alkanes) is 9. The molecule has 1 fully saturated rings. The van der Waals surface area contributed by atoms with E-state index in [2.05, 4.69) is 13.8 Å². The van der Waals surface area contributed by atoms with Crippen LogP contribution in [-0.4, -0.2) is 76.3 Å². The van der Waals surface area contributed by atoms with Gasteiger partial charge >= 0.3 is 11.9 Å². The molecule has 0 aromatic heterocycles. The second-order valence-corrected chi connectivity index (χ2v) is 11.4. The van der Waals surface area contributed by atoms with Crippen LogP contribution >= 0.6 is 0 Å². The third-order valence-electron chi connectivity index (χ3n) is 7.54. The maximum atomic E-state index is 12.1. The van der Waals surface area contributed by atoms with Gasteiger partial charge in [0.1, 0.15) is 6.61 Å². The highest BCUT2D eigenvalue weighted by Gasteiger charge is 2.35. The van der Waals surface area contributed by atoms with Crippen LogP contribution in [0.15, 0.2) is 24.3 Å². The normalized spacial score (nSPS) is 22.4. The van der Waals surface area contributed by atoms with Crippen LogP contribution in [0.5, 0.6) is 0 Å². The molecule has 0 bridgehead atoms. The first-order valence-electron chi connectivity index (χ1n) is 16.3. The van der Waals surface area contributed by atoms with E-state index >= 15 is 0 Å². The van der Waals surface area contributed by atoms with Gasteiger partial charge in [-0.05, 0) is 32.1 Å². The molecule has 0 amide bonds. The van der Waals surface area contributed by atoms with Gasteiger partial charge < -0.3 is 34.6 Å². The molecule has 9 nitrogen and oxygen atoms in total. The van der Waals surface area contributed by atoms with Crippen molar-refractivity contribution < 1.29 is 44.2 Å². The van der Waals surface area contributed by atoms with Crippen LogP contribution in [-0.2, 0) is 23.8 Å². The Balaban J connectivity index is 2.29. The lowest BCUT2D eigenvalue weighted by atomic mass is 9.87. The largest absolute Gasteiger partial charge is 0.462 e. The Bertz CT molecular complexity index is 754. The summed E-state index contributed by atoms with van der Waals surface area (Å²) in [7, 11) is 0. The number of hydrogen-bond donors (Lipinski definition) is 4. The summed E-state index contributed by atoms with van der Waals surface area (Å²) in [5.41, 5.74) is 0. The average Bonchev–Trinajstić information content (AvgIpc) is 2.96. The smallest absolute Gasteiger partial charge is 0.306 e. The summed E-state index contributed by atoms with van der Waals surface area (Å²) in [6.07, 6.45) is 17.4. The fraction of sp³-hybridized carbons (Fsp3) is 0.818. The van der Waals surface area contributed by atoms with Crippen molar-refractivity contribution in [2.75, 3.05) is 13.2 Å². The second-order valence-electron chi connectivity index (χ2n) is 11.4. The Hall–Kier alpha value is -1.78. The van der Waals surface area contributed by atoms with Crippen molar-refractivity contribution in [1.29, 1.82) is 0 Å². The van der Waals surface area contributed by atoms with Gasteiger partial charge in [0.2, 0.25) is 0 Å². The summed E-state index contributed by atoms with van der Waals surface area (Å²) in [5.74, 6) is -1.05. The molecule has 1 aliphatic heterocycles. The minimum Gasteiger partial charge on any atom is -0.462 e. The standard InChI is InChI=1S/C33H58O9/c1-3-5-7-8-9-10-16-20-32(38)41-27(24-34)25-40-31(37)19-15-12-11-14-18-28-29(36)23-33(39)42-30(28)22-21-26(35)17-13-6-4-2/h11,14,21-22,26-30,33-36,39H,3-10,12-13,15-20,23-25H2,1-2H3/b14-11-,22-21+/t26-,27-,28-,29-,30+,33?/m0/s1. The molecule has 1 heterocycles. The van der Waals surface area contributed by atoms with E-state index in [9.17, 15) is 30.0 Å². The van der Waals surface area contributed by atoms with Crippen LogP contribution in [0.1, 0.15) is 123 Å². The first-order valence-corrected chi connectivity index (χ1v) is 16.3. The topological polar surface area (TPSA) is 143 Å². The third kappa shape index (κ3) is 18.7. The van der Waals surface area contributed by atoms with Gasteiger partial charge in [-0.1, -0.05) is 95.9 Å². The summed E-state index contributed by atoms with van der Waals surface area (Å²) in [4.78, 5) is 24.1. The van der Waals surface area contributed by atoms with Crippen LogP contribution in [0.3, 0.4) is 0 Å². The molecule has 0 aromatic rings. The molecule has 0 saturated carbocycles. The van der Waals surface area contributed by atoms with Gasteiger partial charge in [0.05, 0.1) is 24.9 Å². The van der Waals surface area contributed by atoms with Gasteiger partial charge in [-0.3, -0.25) is 9.59 Å². The first kappa shape index (κ1) is 38.2. The highest BCUT2D eigenvalue weighted by Crippen LogP contribution is 2.29. The van der Waals surface area contributed by atoms with Crippen LogP contribution in [0.4, 0.5) is 0 Å². The molecule has 0 aromatic carbocycles. The summed E-state index contributed by atoms with van der Waals surface area (Å²) in [5, 5.41) is 40.1. The van der Waals surface area contributed by atoms with Crippen LogP contribution in [0.2, 0.25) is 0 Å². The van der Waals surface area contributed by atoms with Gasteiger partial charge in [-0.15, -0.1) is 0 Å². The van der Waals surface area contributed by atoms with Crippen LogP contribution in [0.25, 0.3) is 0 Å². The average molecular weight is 599 g/mol. The van der Waals surface area contributed by atoms with E-state index in [1.54, 1.807) is 12.2 Å². The molecular weight excluding hydrogens is 540 g/mol. The lowest BCUT2D eigenvalue weighted by molar-refractivity contribution is -0.199. The summed E-state index contributed by atoms with van der Waals surface area (Å²) in [6, 6.07) is 0. The van der Waals surface area contributed by atoms with Gasteiger partial charge in [-0.25, -0.2) is 0 Å². The van der Waals surface area contributed by atoms with E-state index in [1.807, 2.05) is 12.2 Å². The van der Waals surface area contributed by atoms with Crippen molar-refractivity contribution >= 4 is 11.9 Å². The second kappa shape index (κ2) is 24.6. The van der Waals surface area contributed by atoms with Crippen molar-refractivity contribution in [3.63, 3.8) is 0 Å². The van der Waals surface area contributed by atoms with Crippen LogP contribution < -0.4 is 0 Å². The van der Waals surface area contributed by atoms with E-state index in [0.717, 1.165) is 38.5 Å². The number of carbonyl (C=O) groups excluding carboxylic acids is 2. The summed E-state index contributed by atoms with van der Waals surface area (Å²) in [6.45, 7) is 3.72. The Morgan fingerprint density at radius 3 is 2.29 bits per heavy atom. The van der Waals surface area contributed by atoms with Crippen molar-refractivity contribution in [2.24, 2.45) is 5.92 Å². The zero-order chi connectivity index (χ0) is 31.0. The highest BCUT2D eigenvalue weighted by atomic mass is 16.6. The Labute approximate surface area is 253 Å². The van der Waals surface area contributed by atoms with Gasteiger partial charge in [-0.2, -0.15) is 0 Å². The maximum Gasteiger partial charge on any atom is 0.306 e. The fourth-order valence-electron chi connectivity index (χ4n) is 4.94. The van der Waals surface area contributed by atoms with E-state index < -0.39 is 43.3 Å². The van der Waals surface area contributed by atoms with Gasteiger partial charge in [0, 0.05) is 25.2 Å². The molecule has 6 atom stereocenters. The minimum absolute atomic E-state index is 0.136. The minimum atomic E-state index is -1.04. The predicted octanol–water partition coefficient (Wildman–Crippen LogP) is 5.27. The lowest BCUT2D eigenvalue weighted by Crippen LogP contribution is -2.43. The molecule has 42 heavy (non-hydrogen) atoms. The Morgan fingerprint density at radius 2 is 1.57 bits per heavy atom. The molecule has 0 aliphatic carbocycles. The zero-order valence-corrected chi connectivity index (χ0v) is 26.0. The number of aliphatic hydroxyl groups excluding tert-OH is 4. The number of allylic oxidation sites excluding steroid dienone is 2. The maximum absolute atomic E-state index is 12.1. The van der Waals surface area contributed by atoms with E-state index in [-0.39, 0.29) is 31.3 Å². The van der Waals surface area contributed by atoms with Crippen molar-refractivity contribution in [3.05, 3.63) is 24.3 Å². The first-order chi connectivity index (χ1) is 20.3. The van der Waals surface area contributed by atoms with E-state index in [0.29, 0.717) is 32.1 Å². The quantitative estimate of drug-likeness (QED) is 0.0663. The molecule has 1 aliphatic rings. The van der Waals surface area contributed by atoms with Crippen molar-refractivity contribution in [1.82, 2.24) is 0 Å².